The third kappa shape index (κ3) is 12.2. The number of piperazine rings is 1. The Morgan fingerprint density at radius 3 is 2.16 bits per heavy atom. The van der Waals surface area contributed by atoms with Crippen LogP contribution in [0.3, 0.4) is 0 Å². The maximum absolute atomic E-state index is 15.3. The number of carboxylic acid groups (broad SMARTS) is 1. The molecule has 1 aliphatic rings. The van der Waals surface area contributed by atoms with Gasteiger partial charge in [-0.1, -0.05) is 56.3 Å². The molecule has 0 saturated carbocycles. The van der Waals surface area contributed by atoms with E-state index in [0.29, 0.717) is 23.3 Å². The lowest BCUT2D eigenvalue weighted by Crippen LogP contribution is -2.55. The molecule has 4 aromatic rings. The van der Waals surface area contributed by atoms with Gasteiger partial charge in [0.25, 0.3) is 0 Å². The summed E-state index contributed by atoms with van der Waals surface area (Å²) in [5, 5.41) is 17.4. The van der Waals surface area contributed by atoms with Crippen molar-refractivity contribution >= 4 is 69.9 Å². The number of anilines is 2. The van der Waals surface area contributed by atoms with E-state index in [1.165, 1.54) is 17.2 Å². The van der Waals surface area contributed by atoms with E-state index in [2.05, 4.69) is 16.0 Å². The van der Waals surface area contributed by atoms with Gasteiger partial charge in [0.2, 0.25) is 23.2 Å². The van der Waals surface area contributed by atoms with E-state index < -0.39 is 64.8 Å². The van der Waals surface area contributed by atoms with E-state index in [9.17, 15) is 38.7 Å². The lowest BCUT2D eigenvalue weighted by atomic mass is 10.0. The molecule has 324 valence electrons. The zero-order valence-electron chi connectivity index (χ0n) is 33.9. The van der Waals surface area contributed by atoms with Gasteiger partial charge in [-0.05, 0) is 48.2 Å². The molecule has 61 heavy (non-hydrogen) atoms. The molecule has 1 aromatic heterocycles. The van der Waals surface area contributed by atoms with Crippen molar-refractivity contribution in [1.82, 2.24) is 20.1 Å². The number of benzene rings is 3. The van der Waals surface area contributed by atoms with Crippen molar-refractivity contribution in [3.8, 4) is 0 Å². The predicted molar refractivity (Wildman–Crippen MR) is 227 cm³/mol. The summed E-state index contributed by atoms with van der Waals surface area (Å²) in [5.41, 5.74) is 6.45. The largest absolute Gasteiger partial charge is 0.477 e. The summed E-state index contributed by atoms with van der Waals surface area (Å²) in [4.78, 5) is 91.3. The van der Waals surface area contributed by atoms with Crippen LogP contribution in [-0.2, 0) is 43.6 Å². The zero-order valence-corrected chi connectivity index (χ0v) is 34.7. The molecule has 19 heteroatoms. The van der Waals surface area contributed by atoms with Crippen molar-refractivity contribution in [1.29, 1.82) is 0 Å². The maximum Gasteiger partial charge on any atom is 0.410 e. The number of fused-ring (bicyclic) bond motifs is 1. The Morgan fingerprint density at radius 1 is 0.885 bits per heavy atom. The molecule has 0 bridgehead atoms. The number of primary amides is 1. The average molecular weight is 862 g/mol. The molecule has 1 unspecified atom stereocenters. The SMILES string of the molecule is CCn1cc(C(=O)O)c(=O)c2cc(F)c(N3CCN(C(=O)OCc4ccc(NC(=O)[C@H](CSCC(N)=O)NC(=O)C(NC(=O)OCc5ccccc5)C(C)C)cc4)CC3)cc21. The summed E-state index contributed by atoms with van der Waals surface area (Å²) in [6.45, 7) is 6.49. The van der Waals surface area contributed by atoms with Crippen LogP contribution in [-0.4, -0.2) is 100 Å². The summed E-state index contributed by atoms with van der Waals surface area (Å²) < 4.78 is 27.7. The Bertz CT molecular complexity index is 2300. The van der Waals surface area contributed by atoms with Crippen molar-refractivity contribution in [2.24, 2.45) is 11.7 Å². The highest BCUT2D eigenvalue weighted by Gasteiger charge is 2.30. The first kappa shape index (κ1) is 45.5. The van der Waals surface area contributed by atoms with Crippen molar-refractivity contribution in [2.45, 2.75) is 52.6 Å². The maximum atomic E-state index is 15.3. The molecule has 2 heterocycles. The molecule has 3 aromatic carbocycles. The minimum absolute atomic E-state index is 0.000237. The highest BCUT2D eigenvalue weighted by molar-refractivity contribution is 8.00. The van der Waals surface area contributed by atoms with Crippen molar-refractivity contribution in [3.05, 3.63) is 106 Å². The van der Waals surface area contributed by atoms with E-state index in [0.717, 1.165) is 23.4 Å². The molecule has 5 rings (SSSR count). The standard InChI is InChI=1S/C42H48FN7O10S/c1-4-48-20-30(40(55)56)37(52)29-18-31(43)34(19-33(29)48)49-14-16-50(17-15-49)42(58)60-22-27-10-12-28(13-11-27)45-38(53)32(23-61-24-35(44)51)46-39(54)36(25(2)3)47-41(57)59-21-26-8-6-5-7-9-26/h5-13,18-20,25,32,36H,4,14-17,21-24H2,1-3H3,(H2,44,51)(H,45,53)(H,46,54)(H,47,57)(H,55,56)/t32-,36?/m0/s1. The van der Waals surface area contributed by atoms with Crippen LogP contribution in [0.15, 0.2) is 77.7 Å². The number of hydrogen-bond acceptors (Lipinski definition) is 11. The number of nitrogens with zero attached hydrogens (tertiary/aromatic N) is 3. The summed E-state index contributed by atoms with van der Waals surface area (Å²) in [6, 6.07) is 15.9. The molecule has 5 amide bonds. The van der Waals surface area contributed by atoms with E-state index in [4.69, 9.17) is 15.2 Å². The number of aryl methyl sites for hydroxylation is 1. The number of amides is 5. The van der Waals surface area contributed by atoms with Crippen LogP contribution in [0.5, 0.6) is 0 Å². The summed E-state index contributed by atoms with van der Waals surface area (Å²) in [6.07, 6.45) is -0.141. The number of alkyl carbamates (subject to hydrolysis) is 1. The molecule has 0 radical (unpaired) electrons. The fourth-order valence-electron chi connectivity index (χ4n) is 6.48. The lowest BCUT2D eigenvalue weighted by Gasteiger charge is -2.35. The van der Waals surface area contributed by atoms with Crippen LogP contribution in [0.2, 0.25) is 0 Å². The molecule has 0 spiro atoms. The second kappa shape index (κ2) is 21.1. The Morgan fingerprint density at radius 2 is 1.54 bits per heavy atom. The van der Waals surface area contributed by atoms with E-state index in [-0.39, 0.29) is 67.9 Å². The quantitative estimate of drug-likeness (QED) is 0.102. The first-order valence-corrected chi connectivity index (χ1v) is 20.6. The smallest absolute Gasteiger partial charge is 0.410 e. The van der Waals surface area contributed by atoms with Crippen LogP contribution in [0, 0.1) is 11.7 Å². The third-order valence-corrected chi connectivity index (χ3v) is 10.8. The molecule has 1 fully saturated rings. The first-order valence-electron chi connectivity index (χ1n) is 19.4. The van der Waals surface area contributed by atoms with E-state index >= 15 is 4.39 Å². The number of ether oxygens (including phenoxy) is 2. The minimum atomic E-state index is -1.39. The van der Waals surface area contributed by atoms with Crippen molar-refractivity contribution in [3.63, 3.8) is 0 Å². The summed E-state index contributed by atoms with van der Waals surface area (Å²) >= 11 is 1.05. The van der Waals surface area contributed by atoms with Gasteiger partial charge in [-0.25, -0.2) is 18.8 Å². The number of nitrogens with two attached hydrogens (primary N) is 1. The number of carbonyl (C=O) groups is 6. The van der Waals surface area contributed by atoms with Crippen LogP contribution < -0.4 is 32.0 Å². The summed E-state index contributed by atoms with van der Waals surface area (Å²) in [5.74, 6) is -4.36. The third-order valence-electron chi connectivity index (χ3n) is 9.78. The molecular weight excluding hydrogens is 814 g/mol. The number of carboxylic acids is 1. The normalized spacial score (nSPS) is 13.6. The topological polar surface area (TPSA) is 232 Å². The Balaban J connectivity index is 1.13. The number of nitrogens with one attached hydrogen (secondary N) is 3. The number of pyridine rings is 1. The van der Waals surface area contributed by atoms with Crippen molar-refractivity contribution < 1.29 is 47.7 Å². The fourth-order valence-corrected chi connectivity index (χ4v) is 7.27. The molecule has 1 aliphatic heterocycles. The molecule has 17 nitrogen and oxygen atoms in total. The van der Waals surface area contributed by atoms with Crippen LogP contribution >= 0.6 is 11.8 Å². The van der Waals surface area contributed by atoms with E-state index in [1.54, 1.807) is 78.8 Å². The van der Waals surface area contributed by atoms with Gasteiger partial charge in [0, 0.05) is 55.7 Å². The number of thioether (sulfide) groups is 1. The van der Waals surface area contributed by atoms with Crippen LogP contribution in [0.1, 0.15) is 42.3 Å². The number of halogens is 1. The zero-order chi connectivity index (χ0) is 44.2. The predicted octanol–water partition coefficient (Wildman–Crippen LogP) is 3.91. The number of rotatable bonds is 17. The lowest BCUT2D eigenvalue weighted by molar-refractivity contribution is -0.128. The summed E-state index contributed by atoms with van der Waals surface area (Å²) in [7, 11) is 0. The Kier molecular flexibility index (Phi) is 15.7. The molecule has 0 aliphatic carbocycles. The Labute approximate surface area is 354 Å². The van der Waals surface area contributed by atoms with Gasteiger partial charge in [0.1, 0.15) is 36.7 Å². The van der Waals surface area contributed by atoms with Gasteiger partial charge in [-0.3, -0.25) is 19.2 Å². The molecule has 6 N–H and O–H groups in total. The molecular formula is C42H48FN7O10S. The monoisotopic (exact) mass is 861 g/mol. The molecule has 1 saturated heterocycles. The number of carbonyl (C=O) groups excluding carboxylic acids is 5. The Hall–Kier alpha value is -6.63. The van der Waals surface area contributed by atoms with Gasteiger partial charge < -0.3 is 50.6 Å². The first-order chi connectivity index (χ1) is 29.1. The van der Waals surface area contributed by atoms with Gasteiger partial charge in [0.15, 0.2) is 0 Å². The van der Waals surface area contributed by atoms with E-state index in [1.807, 2.05) is 6.07 Å². The van der Waals surface area contributed by atoms with Gasteiger partial charge in [-0.15, -0.1) is 11.8 Å². The van der Waals surface area contributed by atoms with Crippen LogP contribution in [0.4, 0.5) is 25.4 Å². The molecule has 2 atom stereocenters. The van der Waals surface area contributed by atoms with Crippen molar-refractivity contribution in [2.75, 3.05) is 47.9 Å². The van der Waals surface area contributed by atoms with Gasteiger partial charge in [-0.2, -0.15) is 0 Å². The second-order valence-corrected chi connectivity index (χ2v) is 15.5. The minimum Gasteiger partial charge on any atom is -0.477 e. The van der Waals surface area contributed by atoms with Crippen LogP contribution in [0.25, 0.3) is 10.9 Å². The van der Waals surface area contributed by atoms with Gasteiger partial charge >= 0.3 is 18.2 Å². The number of aromatic carboxylic acids is 1. The second-order valence-electron chi connectivity index (χ2n) is 14.5. The number of hydrogen-bond donors (Lipinski definition) is 5. The van der Waals surface area contributed by atoms with Gasteiger partial charge in [0.05, 0.1) is 17.0 Å². The average Bonchev–Trinajstić information content (AvgIpc) is 3.24. The highest BCUT2D eigenvalue weighted by Crippen LogP contribution is 2.27. The fraction of sp³-hybridized carbons (Fsp3) is 0.357. The number of aromatic nitrogens is 1. The highest BCUT2D eigenvalue weighted by atomic mass is 32.2.